The molecule has 4 N–H and O–H groups in total. The molecule has 8 nitrogen and oxygen atoms in total. The van der Waals surface area contributed by atoms with Crippen molar-refractivity contribution in [3.05, 3.63) is 11.9 Å². The van der Waals surface area contributed by atoms with Crippen molar-refractivity contribution in [3.8, 4) is 0 Å². The average Bonchev–Trinajstić information content (AvgIpc) is 2.42. The Kier molecular flexibility index (Phi) is 3.58. The van der Waals surface area contributed by atoms with E-state index < -0.39 is 5.54 Å². The topological polar surface area (TPSA) is 113 Å². The summed E-state index contributed by atoms with van der Waals surface area (Å²) in [5.41, 5.74) is 1.59. The van der Waals surface area contributed by atoms with Gasteiger partial charge in [-0.05, 0) is 13.8 Å². The molecule has 0 aromatic carbocycles. The molecule has 1 aliphatic heterocycles. The number of aryl methyl sites for hydroxylation is 1. The van der Waals surface area contributed by atoms with Crippen LogP contribution in [0.1, 0.15) is 26.6 Å². The summed E-state index contributed by atoms with van der Waals surface area (Å²) in [6, 6.07) is 1.62. The Labute approximate surface area is 116 Å². The maximum atomic E-state index is 12.0. The zero-order chi connectivity index (χ0) is 14.9. The molecular formula is C12H18N6O2. The summed E-state index contributed by atoms with van der Waals surface area (Å²) in [7, 11) is 0. The molecule has 0 spiro atoms. The van der Waals surface area contributed by atoms with Gasteiger partial charge in [0.15, 0.2) is 0 Å². The molecule has 108 valence electrons. The van der Waals surface area contributed by atoms with Gasteiger partial charge in [0.2, 0.25) is 5.91 Å². The number of anilines is 2. The van der Waals surface area contributed by atoms with E-state index in [2.05, 4.69) is 20.7 Å². The number of carbonyl (C=O) groups excluding carboxylic acids is 2. The van der Waals surface area contributed by atoms with Crippen LogP contribution in [0.3, 0.4) is 0 Å². The molecule has 0 radical (unpaired) electrons. The monoisotopic (exact) mass is 278 g/mol. The summed E-state index contributed by atoms with van der Waals surface area (Å²) in [5, 5.41) is 2.32. The number of hydrogen-bond acceptors (Lipinski definition) is 7. The van der Waals surface area contributed by atoms with E-state index in [4.69, 9.17) is 5.84 Å². The van der Waals surface area contributed by atoms with Crippen molar-refractivity contribution in [2.24, 2.45) is 5.84 Å². The fraction of sp³-hybridized carbons (Fsp3) is 0.500. The van der Waals surface area contributed by atoms with Crippen LogP contribution in [-0.4, -0.2) is 33.9 Å². The summed E-state index contributed by atoms with van der Waals surface area (Å²) in [6.45, 7) is 5.44. The van der Waals surface area contributed by atoms with Crippen molar-refractivity contribution in [2.45, 2.75) is 32.7 Å². The lowest BCUT2D eigenvalue weighted by Crippen LogP contribution is -2.64. The summed E-state index contributed by atoms with van der Waals surface area (Å²) in [5.74, 6) is 6.21. The van der Waals surface area contributed by atoms with Gasteiger partial charge in [0.25, 0.3) is 5.91 Å². The number of nitrogens with zero attached hydrogens (tertiary/aromatic N) is 3. The van der Waals surface area contributed by atoms with E-state index in [-0.39, 0.29) is 18.4 Å². The molecule has 1 fully saturated rings. The number of nitrogens with one attached hydrogen (secondary N) is 2. The van der Waals surface area contributed by atoms with E-state index in [1.807, 2.05) is 6.92 Å². The van der Waals surface area contributed by atoms with Crippen LogP contribution in [0, 0.1) is 0 Å². The standard InChI is InChI=1S/C12H18N6O2/c1-4-7-14-8(17-13)5-9(15-7)18-6-10(19)16-11(20)12(18,2)3/h5H,4,6,13H2,1-3H3,(H,14,15,17)(H,16,19,20). The highest BCUT2D eigenvalue weighted by molar-refractivity contribution is 6.06. The van der Waals surface area contributed by atoms with Crippen LogP contribution in [0.4, 0.5) is 11.6 Å². The van der Waals surface area contributed by atoms with E-state index in [9.17, 15) is 9.59 Å². The molecule has 1 aromatic rings. The number of aromatic nitrogens is 2. The molecule has 0 bridgehead atoms. The Morgan fingerprint density at radius 1 is 1.45 bits per heavy atom. The first kappa shape index (κ1) is 14.2. The van der Waals surface area contributed by atoms with Crippen LogP contribution in [0.15, 0.2) is 6.07 Å². The fourth-order valence-corrected chi connectivity index (χ4v) is 2.00. The first-order chi connectivity index (χ1) is 9.38. The third-order valence-corrected chi connectivity index (χ3v) is 3.28. The quantitative estimate of drug-likeness (QED) is 0.390. The van der Waals surface area contributed by atoms with Gasteiger partial charge in [-0.2, -0.15) is 0 Å². The minimum absolute atomic E-state index is 0.0585. The maximum absolute atomic E-state index is 12.0. The van der Waals surface area contributed by atoms with Crippen LogP contribution in [0.25, 0.3) is 0 Å². The number of carbonyl (C=O) groups is 2. The van der Waals surface area contributed by atoms with Crippen LogP contribution in [0.2, 0.25) is 0 Å². The molecule has 0 aliphatic carbocycles. The van der Waals surface area contributed by atoms with Crippen LogP contribution in [-0.2, 0) is 16.0 Å². The molecule has 20 heavy (non-hydrogen) atoms. The highest BCUT2D eigenvalue weighted by Gasteiger charge is 2.41. The fourth-order valence-electron chi connectivity index (χ4n) is 2.00. The van der Waals surface area contributed by atoms with Crippen LogP contribution < -0.4 is 21.5 Å². The number of hydrazine groups is 1. The van der Waals surface area contributed by atoms with Crippen molar-refractivity contribution in [3.63, 3.8) is 0 Å². The van der Waals surface area contributed by atoms with Gasteiger partial charge in [-0.1, -0.05) is 6.92 Å². The van der Waals surface area contributed by atoms with Crippen molar-refractivity contribution in [1.82, 2.24) is 15.3 Å². The second kappa shape index (κ2) is 5.04. The van der Waals surface area contributed by atoms with Crippen molar-refractivity contribution in [2.75, 3.05) is 16.9 Å². The van der Waals surface area contributed by atoms with Gasteiger partial charge in [0, 0.05) is 12.5 Å². The third kappa shape index (κ3) is 2.42. The molecule has 2 heterocycles. The Morgan fingerprint density at radius 2 is 2.15 bits per heavy atom. The lowest BCUT2D eigenvalue weighted by Gasteiger charge is -2.41. The van der Waals surface area contributed by atoms with E-state index in [1.165, 1.54) is 0 Å². The normalized spacial score (nSPS) is 17.9. The number of imide groups is 1. The summed E-state index contributed by atoms with van der Waals surface area (Å²) >= 11 is 0. The number of nitrogen functional groups attached to an aromatic ring is 1. The lowest BCUT2D eigenvalue weighted by molar-refractivity contribution is -0.135. The van der Waals surface area contributed by atoms with Crippen LogP contribution in [0.5, 0.6) is 0 Å². The van der Waals surface area contributed by atoms with Crippen molar-refractivity contribution >= 4 is 23.5 Å². The number of nitrogens with two attached hydrogens (primary N) is 1. The van der Waals surface area contributed by atoms with E-state index in [0.717, 1.165) is 0 Å². The van der Waals surface area contributed by atoms with Gasteiger partial charge >= 0.3 is 0 Å². The van der Waals surface area contributed by atoms with E-state index >= 15 is 0 Å². The molecule has 0 saturated carbocycles. The summed E-state index contributed by atoms with van der Waals surface area (Å²) in [6.07, 6.45) is 0.622. The highest BCUT2D eigenvalue weighted by atomic mass is 16.2. The molecule has 0 unspecified atom stereocenters. The minimum atomic E-state index is -0.876. The van der Waals surface area contributed by atoms with Crippen molar-refractivity contribution in [1.29, 1.82) is 0 Å². The van der Waals surface area contributed by atoms with Gasteiger partial charge in [-0.3, -0.25) is 14.9 Å². The Bertz CT molecular complexity index is 535. The Hall–Kier alpha value is -2.22. The average molecular weight is 278 g/mol. The molecule has 2 amide bonds. The van der Waals surface area contributed by atoms with Gasteiger partial charge < -0.3 is 10.3 Å². The second-order valence-electron chi connectivity index (χ2n) is 5.05. The van der Waals surface area contributed by atoms with Gasteiger partial charge in [-0.15, -0.1) is 0 Å². The van der Waals surface area contributed by atoms with Crippen LogP contribution >= 0.6 is 0 Å². The molecule has 0 atom stereocenters. The summed E-state index contributed by atoms with van der Waals surface area (Å²) in [4.78, 5) is 33.8. The predicted octanol–water partition coefficient (Wildman–Crippen LogP) is -0.434. The molecule has 1 saturated heterocycles. The van der Waals surface area contributed by atoms with Gasteiger partial charge in [-0.25, -0.2) is 15.8 Å². The number of hydrogen-bond donors (Lipinski definition) is 3. The first-order valence-electron chi connectivity index (χ1n) is 6.35. The third-order valence-electron chi connectivity index (χ3n) is 3.28. The molecule has 1 aliphatic rings. The number of amides is 2. The zero-order valence-corrected chi connectivity index (χ0v) is 11.7. The van der Waals surface area contributed by atoms with Gasteiger partial charge in [0.05, 0.1) is 6.54 Å². The zero-order valence-electron chi connectivity index (χ0n) is 11.7. The lowest BCUT2D eigenvalue weighted by atomic mass is 9.99. The van der Waals surface area contributed by atoms with Gasteiger partial charge in [0.1, 0.15) is 23.0 Å². The number of piperazine rings is 1. The maximum Gasteiger partial charge on any atom is 0.251 e. The summed E-state index contributed by atoms with van der Waals surface area (Å²) < 4.78 is 0. The molecule has 2 rings (SSSR count). The predicted molar refractivity (Wildman–Crippen MR) is 73.8 cm³/mol. The first-order valence-corrected chi connectivity index (χ1v) is 6.35. The smallest absolute Gasteiger partial charge is 0.251 e. The largest absolute Gasteiger partial charge is 0.333 e. The Balaban J connectivity index is 2.47. The Morgan fingerprint density at radius 3 is 2.75 bits per heavy atom. The number of rotatable bonds is 3. The minimum Gasteiger partial charge on any atom is -0.333 e. The molecule has 8 heteroatoms. The highest BCUT2D eigenvalue weighted by Crippen LogP contribution is 2.26. The van der Waals surface area contributed by atoms with Crippen molar-refractivity contribution < 1.29 is 9.59 Å². The van der Waals surface area contributed by atoms with E-state index in [1.54, 1.807) is 24.8 Å². The van der Waals surface area contributed by atoms with E-state index in [0.29, 0.717) is 23.9 Å². The SMILES string of the molecule is CCc1nc(NN)cc(N2CC(=O)NC(=O)C2(C)C)n1. The molecule has 1 aromatic heterocycles. The second-order valence-corrected chi connectivity index (χ2v) is 5.05. The molecular weight excluding hydrogens is 260 g/mol.